The average Bonchev–Trinajstić information content (AvgIpc) is 2.86. The van der Waals surface area contributed by atoms with Gasteiger partial charge in [-0.15, -0.1) is 0 Å². The molecule has 0 aliphatic heterocycles. The summed E-state index contributed by atoms with van der Waals surface area (Å²) in [4.78, 5) is 4.31. The van der Waals surface area contributed by atoms with E-state index in [4.69, 9.17) is 5.26 Å². The van der Waals surface area contributed by atoms with Crippen molar-refractivity contribution in [2.24, 2.45) is 0 Å². The molecule has 0 radical (unpaired) electrons. The van der Waals surface area contributed by atoms with Gasteiger partial charge in [0, 0.05) is 29.6 Å². The Hall–Kier alpha value is -2.00. The van der Waals surface area contributed by atoms with E-state index in [0.29, 0.717) is 22.8 Å². The van der Waals surface area contributed by atoms with E-state index in [-0.39, 0.29) is 11.7 Å². The van der Waals surface area contributed by atoms with Gasteiger partial charge in [0.1, 0.15) is 11.6 Å². The van der Waals surface area contributed by atoms with E-state index in [1.807, 2.05) is 19.9 Å². The number of nitrogens with one attached hydrogen (secondary N) is 1. The molecule has 98 valence electrons. The highest BCUT2D eigenvalue weighted by Gasteiger charge is 2.08. The Morgan fingerprint density at radius 3 is 2.84 bits per heavy atom. The summed E-state index contributed by atoms with van der Waals surface area (Å²) in [6.45, 7) is 4.36. The van der Waals surface area contributed by atoms with Gasteiger partial charge in [-0.05, 0) is 12.1 Å². The summed E-state index contributed by atoms with van der Waals surface area (Å²) < 4.78 is 17.9. The first-order valence-corrected chi connectivity index (χ1v) is 6.63. The topological polar surface area (TPSA) is 61.6 Å². The van der Waals surface area contributed by atoms with Crippen molar-refractivity contribution in [3.05, 3.63) is 41.0 Å². The maximum Gasteiger partial charge on any atom is 0.202 e. The quantitative estimate of drug-likeness (QED) is 0.930. The van der Waals surface area contributed by atoms with E-state index in [9.17, 15) is 4.39 Å². The van der Waals surface area contributed by atoms with Crippen LogP contribution in [0.15, 0.2) is 18.2 Å². The van der Waals surface area contributed by atoms with Gasteiger partial charge >= 0.3 is 0 Å². The summed E-state index contributed by atoms with van der Waals surface area (Å²) in [5.74, 6) is 0.673. The Morgan fingerprint density at radius 2 is 2.26 bits per heavy atom. The van der Waals surface area contributed by atoms with Crippen molar-refractivity contribution in [3.8, 4) is 6.07 Å². The van der Waals surface area contributed by atoms with Crippen molar-refractivity contribution < 1.29 is 4.39 Å². The monoisotopic (exact) mass is 276 g/mol. The molecule has 1 aromatic carbocycles. The molecule has 0 aliphatic rings. The standard InChI is InChI=1S/C13H13FN4S/c1-8(2)12-17-13(19-18-12)16-7-10-4-3-9(6-15)5-11(10)14/h3-5,8H,7H2,1-2H3,(H,16,17,18). The molecule has 19 heavy (non-hydrogen) atoms. The summed E-state index contributed by atoms with van der Waals surface area (Å²) in [6, 6.07) is 6.34. The third kappa shape index (κ3) is 3.26. The Morgan fingerprint density at radius 1 is 1.47 bits per heavy atom. The van der Waals surface area contributed by atoms with E-state index < -0.39 is 0 Å². The average molecular weight is 276 g/mol. The molecule has 2 aromatic rings. The van der Waals surface area contributed by atoms with Crippen molar-refractivity contribution in [1.82, 2.24) is 9.36 Å². The molecule has 0 atom stereocenters. The van der Waals surface area contributed by atoms with Crippen LogP contribution >= 0.6 is 11.5 Å². The lowest BCUT2D eigenvalue weighted by Gasteiger charge is -2.04. The van der Waals surface area contributed by atoms with Gasteiger partial charge in [0.2, 0.25) is 5.13 Å². The molecular formula is C13H13FN4S. The van der Waals surface area contributed by atoms with Crippen molar-refractivity contribution in [2.75, 3.05) is 5.32 Å². The minimum Gasteiger partial charge on any atom is -0.356 e. The van der Waals surface area contributed by atoms with Crippen LogP contribution < -0.4 is 5.32 Å². The molecule has 2 rings (SSSR count). The highest BCUT2D eigenvalue weighted by atomic mass is 32.1. The Balaban J connectivity index is 2.04. The van der Waals surface area contributed by atoms with E-state index in [0.717, 1.165) is 5.82 Å². The molecule has 0 aliphatic carbocycles. The molecular weight excluding hydrogens is 263 g/mol. The van der Waals surface area contributed by atoms with E-state index in [1.165, 1.54) is 17.6 Å². The zero-order chi connectivity index (χ0) is 13.8. The molecule has 1 heterocycles. The molecule has 0 saturated heterocycles. The highest BCUT2D eigenvalue weighted by Crippen LogP contribution is 2.18. The van der Waals surface area contributed by atoms with Crippen LogP contribution in [0.3, 0.4) is 0 Å². The summed E-state index contributed by atoms with van der Waals surface area (Å²) in [5.41, 5.74) is 0.819. The van der Waals surface area contributed by atoms with E-state index >= 15 is 0 Å². The van der Waals surface area contributed by atoms with Crippen LogP contribution in [0.2, 0.25) is 0 Å². The number of rotatable bonds is 4. The predicted octanol–water partition coefficient (Wildman–Crippen LogP) is 3.28. The number of benzene rings is 1. The number of nitriles is 1. The smallest absolute Gasteiger partial charge is 0.202 e. The molecule has 4 nitrogen and oxygen atoms in total. The summed E-state index contributed by atoms with van der Waals surface area (Å²) in [6.07, 6.45) is 0. The van der Waals surface area contributed by atoms with E-state index in [1.54, 1.807) is 12.1 Å². The van der Waals surface area contributed by atoms with Crippen LogP contribution in [0.1, 0.15) is 36.7 Å². The molecule has 1 N–H and O–H groups in total. The van der Waals surface area contributed by atoms with Crippen LogP contribution in [0.4, 0.5) is 9.52 Å². The van der Waals surface area contributed by atoms with Crippen LogP contribution in [-0.4, -0.2) is 9.36 Å². The Bertz CT molecular complexity index is 615. The molecule has 0 unspecified atom stereocenters. The highest BCUT2D eigenvalue weighted by molar-refractivity contribution is 7.09. The van der Waals surface area contributed by atoms with Gasteiger partial charge in [-0.1, -0.05) is 19.9 Å². The number of nitrogens with zero attached hydrogens (tertiary/aromatic N) is 3. The molecule has 0 spiro atoms. The van der Waals surface area contributed by atoms with Crippen LogP contribution in [-0.2, 0) is 6.54 Å². The first kappa shape index (κ1) is 13.4. The number of hydrogen-bond donors (Lipinski definition) is 1. The largest absolute Gasteiger partial charge is 0.356 e. The number of aromatic nitrogens is 2. The fraction of sp³-hybridized carbons (Fsp3) is 0.308. The first-order valence-electron chi connectivity index (χ1n) is 5.86. The second-order valence-corrected chi connectivity index (χ2v) is 5.14. The molecule has 1 aromatic heterocycles. The van der Waals surface area contributed by atoms with Crippen molar-refractivity contribution in [2.45, 2.75) is 26.3 Å². The van der Waals surface area contributed by atoms with E-state index in [2.05, 4.69) is 14.7 Å². The van der Waals surface area contributed by atoms with Crippen LogP contribution in [0.5, 0.6) is 0 Å². The molecule has 0 bridgehead atoms. The summed E-state index contributed by atoms with van der Waals surface area (Å²) in [5, 5.41) is 12.4. The summed E-state index contributed by atoms with van der Waals surface area (Å²) >= 11 is 1.26. The van der Waals surface area contributed by atoms with Gasteiger partial charge in [0.05, 0.1) is 11.6 Å². The van der Waals surface area contributed by atoms with Gasteiger partial charge in [-0.2, -0.15) is 9.64 Å². The second-order valence-electron chi connectivity index (χ2n) is 4.38. The Kier molecular flexibility index (Phi) is 4.07. The van der Waals surface area contributed by atoms with Crippen molar-refractivity contribution in [3.63, 3.8) is 0 Å². The zero-order valence-corrected chi connectivity index (χ0v) is 11.5. The number of hydrogen-bond acceptors (Lipinski definition) is 5. The second kappa shape index (κ2) is 5.76. The lowest BCUT2D eigenvalue weighted by Crippen LogP contribution is -2.02. The Labute approximate surface area is 115 Å². The molecule has 0 amide bonds. The zero-order valence-electron chi connectivity index (χ0n) is 10.6. The molecule has 0 fully saturated rings. The SMILES string of the molecule is CC(C)c1nsc(NCc2ccc(C#N)cc2F)n1. The van der Waals surface area contributed by atoms with Gasteiger partial charge < -0.3 is 5.32 Å². The predicted molar refractivity (Wildman–Crippen MR) is 72.4 cm³/mol. The lowest BCUT2D eigenvalue weighted by atomic mass is 10.1. The minimum absolute atomic E-state index is 0.276. The van der Waals surface area contributed by atoms with Gasteiger partial charge in [-0.3, -0.25) is 0 Å². The first-order chi connectivity index (χ1) is 9.10. The lowest BCUT2D eigenvalue weighted by molar-refractivity contribution is 0.612. The normalized spacial score (nSPS) is 10.5. The summed E-state index contributed by atoms with van der Waals surface area (Å²) in [7, 11) is 0. The molecule has 0 saturated carbocycles. The van der Waals surface area contributed by atoms with Crippen LogP contribution in [0.25, 0.3) is 0 Å². The minimum atomic E-state index is -0.389. The number of anilines is 1. The maximum atomic E-state index is 13.6. The fourth-order valence-electron chi connectivity index (χ4n) is 1.47. The van der Waals surface area contributed by atoms with Gasteiger partial charge in [0.15, 0.2) is 0 Å². The van der Waals surface area contributed by atoms with Gasteiger partial charge in [-0.25, -0.2) is 9.37 Å². The van der Waals surface area contributed by atoms with Gasteiger partial charge in [0.25, 0.3) is 0 Å². The third-order valence-electron chi connectivity index (χ3n) is 2.57. The fourth-order valence-corrected chi connectivity index (χ4v) is 2.17. The van der Waals surface area contributed by atoms with Crippen molar-refractivity contribution in [1.29, 1.82) is 5.26 Å². The third-order valence-corrected chi connectivity index (χ3v) is 3.26. The van der Waals surface area contributed by atoms with Crippen LogP contribution in [0, 0.1) is 17.1 Å². The number of halogens is 1. The van der Waals surface area contributed by atoms with Crippen molar-refractivity contribution >= 4 is 16.7 Å². The maximum absolute atomic E-state index is 13.6. The molecule has 6 heteroatoms.